The number of aromatic nitrogens is 2. The van der Waals surface area contributed by atoms with Crippen LogP contribution in [0.25, 0.3) is 0 Å². The van der Waals surface area contributed by atoms with E-state index in [1.807, 2.05) is 31.2 Å². The van der Waals surface area contributed by atoms with Crippen molar-refractivity contribution in [3.05, 3.63) is 75.4 Å². The Morgan fingerprint density at radius 2 is 1.81 bits per heavy atom. The van der Waals surface area contributed by atoms with Gasteiger partial charge in [-0.25, -0.2) is 8.42 Å². The summed E-state index contributed by atoms with van der Waals surface area (Å²) in [6.07, 6.45) is 1.56. The van der Waals surface area contributed by atoms with Crippen LogP contribution in [-0.4, -0.2) is 18.2 Å². The molecule has 0 unspecified atom stereocenters. The highest BCUT2D eigenvalue weighted by atomic mass is 35.5. The molecule has 0 amide bonds. The monoisotopic (exact) mass is 409 g/mol. The van der Waals surface area contributed by atoms with Crippen molar-refractivity contribution in [2.24, 2.45) is 0 Å². The van der Waals surface area contributed by atoms with E-state index >= 15 is 0 Å². The van der Waals surface area contributed by atoms with Crippen LogP contribution in [0.1, 0.15) is 16.7 Å². The third-order valence-corrected chi connectivity index (χ3v) is 6.00. The smallest absolute Gasteiger partial charge is 0.263 e. The first kappa shape index (κ1) is 18.8. The first-order valence-corrected chi connectivity index (χ1v) is 10.1. The Balaban J connectivity index is 1.86. The van der Waals surface area contributed by atoms with Gasteiger partial charge in [0.25, 0.3) is 10.0 Å². The summed E-state index contributed by atoms with van der Waals surface area (Å²) in [6, 6.07) is 12.5. The van der Waals surface area contributed by atoms with Crippen molar-refractivity contribution in [1.29, 1.82) is 0 Å². The highest BCUT2D eigenvalue weighted by Gasteiger charge is 2.20. The van der Waals surface area contributed by atoms with Crippen LogP contribution < -0.4 is 4.72 Å². The molecule has 0 bridgehead atoms. The normalized spacial score (nSPS) is 11.5. The molecule has 0 aliphatic rings. The minimum atomic E-state index is -3.79. The Bertz CT molecular complexity index is 1060. The number of hydrogen-bond donors (Lipinski definition) is 1. The van der Waals surface area contributed by atoms with Gasteiger partial charge in [-0.15, -0.1) is 0 Å². The van der Waals surface area contributed by atoms with E-state index in [-0.39, 0.29) is 15.7 Å². The first-order chi connectivity index (χ1) is 12.3. The Labute approximate surface area is 162 Å². The van der Waals surface area contributed by atoms with E-state index in [4.69, 9.17) is 23.2 Å². The molecule has 0 radical (unpaired) electrons. The molecule has 3 rings (SSSR count). The van der Waals surface area contributed by atoms with Crippen LogP contribution in [0.15, 0.2) is 53.6 Å². The lowest BCUT2D eigenvalue weighted by molar-refractivity contribution is 0.600. The van der Waals surface area contributed by atoms with Gasteiger partial charge in [-0.2, -0.15) is 5.10 Å². The number of rotatable bonds is 5. The van der Waals surface area contributed by atoms with E-state index < -0.39 is 10.0 Å². The summed E-state index contributed by atoms with van der Waals surface area (Å²) in [5.41, 5.74) is 2.50. The highest BCUT2D eigenvalue weighted by Crippen LogP contribution is 2.25. The van der Waals surface area contributed by atoms with E-state index in [1.54, 1.807) is 36.0 Å². The van der Waals surface area contributed by atoms with Gasteiger partial charge >= 0.3 is 0 Å². The van der Waals surface area contributed by atoms with Crippen LogP contribution in [0.3, 0.4) is 0 Å². The van der Waals surface area contributed by atoms with Crippen molar-refractivity contribution < 1.29 is 8.42 Å². The van der Waals surface area contributed by atoms with Crippen molar-refractivity contribution in [3.63, 3.8) is 0 Å². The number of nitrogens with one attached hydrogen (secondary N) is 1. The molecule has 0 aliphatic carbocycles. The van der Waals surface area contributed by atoms with Gasteiger partial charge < -0.3 is 0 Å². The van der Waals surface area contributed by atoms with Gasteiger partial charge in [-0.3, -0.25) is 9.40 Å². The van der Waals surface area contributed by atoms with Crippen molar-refractivity contribution in [2.75, 3.05) is 4.72 Å². The minimum absolute atomic E-state index is 0.0821. The average molecular weight is 410 g/mol. The highest BCUT2D eigenvalue weighted by molar-refractivity contribution is 7.92. The molecule has 0 atom stereocenters. The molecule has 1 N–H and O–H groups in total. The van der Waals surface area contributed by atoms with Gasteiger partial charge in [0.15, 0.2) is 5.82 Å². The Hall–Kier alpha value is -2.02. The molecule has 136 valence electrons. The third-order valence-electron chi connectivity index (χ3n) is 3.86. The Morgan fingerprint density at radius 3 is 2.50 bits per heavy atom. The summed E-state index contributed by atoms with van der Waals surface area (Å²) >= 11 is 12.3. The van der Waals surface area contributed by atoms with Crippen molar-refractivity contribution in [3.8, 4) is 0 Å². The van der Waals surface area contributed by atoms with Crippen molar-refractivity contribution >= 4 is 39.0 Å². The predicted octanol–water partition coefficient (Wildman–Crippen LogP) is 4.66. The summed E-state index contributed by atoms with van der Waals surface area (Å²) in [7, 11) is -3.79. The van der Waals surface area contributed by atoms with Gasteiger partial charge in [0, 0.05) is 11.2 Å². The maximum Gasteiger partial charge on any atom is 0.263 e. The van der Waals surface area contributed by atoms with Gasteiger partial charge in [0.2, 0.25) is 0 Å². The van der Waals surface area contributed by atoms with Gasteiger partial charge in [-0.1, -0.05) is 59.1 Å². The molecule has 2 aromatic carbocycles. The summed E-state index contributed by atoms with van der Waals surface area (Å²) in [5.74, 6) is 0.0821. The zero-order chi connectivity index (χ0) is 18.9. The molecular weight excluding hydrogens is 393 g/mol. The van der Waals surface area contributed by atoms with Crippen LogP contribution in [0.5, 0.6) is 0 Å². The number of halogens is 2. The van der Waals surface area contributed by atoms with E-state index in [0.29, 0.717) is 17.1 Å². The molecule has 0 saturated carbocycles. The fourth-order valence-electron chi connectivity index (χ4n) is 2.63. The third kappa shape index (κ3) is 4.03. The Morgan fingerprint density at radius 1 is 1.08 bits per heavy atom. The lowest BCUT2D eigenvalue weighted by Crippen LogP contribution is -2.15. The van der Waals surface area contributed by atoms with Crippen molar-refractivity contribution in [1.82, 2.24) is 9.78 Å². The quantitative estimate of drug-likeness (QED) is 0.666. The first-order valence-electron chi connectivity index (χ1n) is 7.83. The van der Waals surface area contributed by atoms with Crippen LogP contribution in [-0.2, 0) is 16.6 Å². The topological polar surface area (TPSA) is 64.0 Å². The number of aryl methyl sites for hydroxylation is 2. The SMILES string of the molecule is Cc1ccc(S(=O)(=O)Nc2nn(Cc3ccccc3Cl)cc2Cl)c(C)c1. The number of hydrogen-bond acceptors (Lipinski definition) is 3. The van der Waals surface area contributed by atoms with Crippen LogP contribution in [0.4, 0.5) is 5.82 Å². The molecule has 8 heteroatoms. The average Bonchev–Trinajstić information content (AvgIpc) is 2.88. The summed E-state index contributed by atoms with van der Waals surface area (Å²) < 4.78 is 29.3. The molecule has 0 fully saturated rings. The number of benzene rings is 2. The van der Waals surface area contributed by atoms with Gasteiger partial charge in [0.05, 0.1) is 11.4 Å². The van der Waals surface area contributed by atoms with E-state index in [2.05, 4.69) is 9.82 Å². The fraction of sp³-hybridized carbons (Fsp3) is 0.167. The van der Waals surface area contributed by atoms with Crippen LogP contribution in [0.2, 0.25) is 10.0 Å². The number of sulfonamides is 1. The summed E-state index contributed by atoms with van der Waals surface area (Å²) in [4.78, 5) is 0.194. The lowest BCUT2D eigenvalue weighted by Gasteiger charge is -2.09. The van der Waals surface area contributed by atoms with Gasteiger partial charge in [0.1, 0.15) is 5.02 Å². The Kier molecular flexibility index (Phi) is 5.27. The summed E-state index contributed by atoms with van der Waals surface area (Å²) in [5, 5.41) is 5.06. The maximum absolute atomic E-state index is 12.7. The van der Waals surface area contributed by atoms with Crippen molar-refractivity contribution in [2.45, 2.75) is 25.3 Å². The van der Waals surface area contributed by atoms with Crippen LogP contribution in [0, 0.1) is 13.8 Å². The second-order valence-electron chi connectivity index (χ2n) is 5.99. The minimum Gasteiger partial charge on any atom is -0.265 e. The van der Waals surface area contributed by atoms with Crippen LogP contribution >= 0.6 is 23.2 Å². The molecule has 3 aromatic rings. The molecule has 1 heterocycles. The van der Waals surface area contributed by atoms with E-state index in [0.717, 1.165) is 11.1 Å². The zero-order valence-corrected chi connectivity index (χ0v) is 16.5. The number of anilines is 1. The second kappa shape index (κ2) is 7.31. The molecule has 1 aromatic heterocycles. The molecule has 26 heavy (non-hydrogen) atoms. The molecule has 5 nitrogen and oxygen atoms in total. The number of nitrogens with zero attached hydrogens (tertiary/aromatic N) is 2. The molecule has 0 aliphatic heterocycles. The largest absolute Gasteiger partial charge is 0.265 e. The maximum atomic E-state index is 12.7. The second-order valence-corrected chi connectivity index (χ2v) is 8.45. The van der Waals surface area contributed by atoms with E-state index in [9.17, 15) is 8.42 Å². The standard InChI is InChI=1S/C18H17Cl2N3O2S/c1-12-7-8-17(13(2)9-12)26(24,25)22-18-16(20)11-23(21-18)10-14-5-3-4-6-15(14)19/h3-9,11H,10H2,1-2H3,(H,21,22). The molecule has 0 saturated heterocycles. The zero-order valence-electron chi connectivity index (χ0n) is 14.2. The van der Waals surface area contributed by atoms with Gasteiger partial charge in [-0.05, 0) is 37.1 Å². The lowest BCUT2D eigenvalue weighted by atomic mass is 10.2. The fourth-order valence-corrected chi connectivity index (χ4v) is 4.33. The predicted molar refractivity (Wildman–Crippen MR) is 105 cm³/mol. The molecular formula is C18H17Cl2N3O2S. The van der Waals surface area contributed by atoms with E-state index in [1.165, 1.54) is 0 Å². The summed E-state index contributed by atoms with van der Waals surface area (Å²) in [6.45, 7) is 4.04. The molecule has 0 spiro atoms.